The van der Waals surface area contributed by atoms with E-state index in [2.05, 4.69) is 18.9 Å². The summed E-state index contributed by atoms with van der Waals surface area (Å²) in [4.78, 5) is 0. The van der Waals surface area contributed by atoms with Gasteiger partial charge in [0.15, 0.2) is 0 Å². The zero-order valence-electron chi connectivity index (χ0n) is 10.3. The van der Waals surface area contributed by atoms with Crippen LogP contribution in [-0.4, -0.2) is 15.7 Å². The molecule has 0 spiro atoms. The highest BCUT2D eigenvalue weighted by atomic mass is 35.5. The van der Waals surface area contributed by atoms with Crippen LogP contribution in [0, 0.1) is 12.8 Å². The standard InChI is InChI=1S/C12H20Cl2N2/c1-4-6-10(8-13)7-11-12(14)9(3)15-16(11)5-2/h10H,4-8H2,1-3H3. The Morgan fingerprint density at radius 1 is 1.38 bits per heavy atom. The van der Waals surface area contributed by atoms with Crippen molar-refractivity contribution >= 4 is 23.2 Å². The van der Waals surface area contributed by atoms with Crippen molar-refractivity contribution in [1.82, 2.24) is 9.78 Å². The summed E-state index contributed by atoms with van der Waals surface area (Å²) < 4.78 is 1.99. The molecule has 0 aliphatic carbocycles. The number of hydrogen-bond donors (Lipinski definition) is 0. The summed E-state index contributed by atoms with van der Waals surface area (Å²) in [5.74, 6) is 1.20. The highest BCUT2D eigenvalue weighted by molar-refractivity contribution is 6.31. The molecule has 0 saturated carbocycles. The molecule has 1 rings (SSSR count). The first-order chi connectivity index (χ1) is 7.63. The molecule has 0 saturated heterocycles. The van der Waals surface area contributed by atoms with Crippen LogP contribution in [0.5, 0.6) is 0 Å². The fraction of sp³-hybridized carbons (Fsp3) is 0.750. The van der Waals surface area contributed by atoms with Crippen LogP contribution in [0.3, 0.4) is 0 Å². The van der Waals surface area contributed by atoms with Crippen LogP contribution in [0.1, 0.15) is 38.1 Å². The molecule has 0 aliphatic heterocycles. The Morgan fingerprint density at radius 3 is 2.56 bits per heavy atom. The van der Waals surface area contributed by atoms with Gasteiger partial charge in [-0.15, -0.1) is 11.6 Å². The Bertz CT molecular complexity index is 334. The normalized spacial score (nSPS) is 13.1. The van der Waals surface area contributed by atoms with Crippen LogP contribution in [-0.2, 0) is 13.0 Å². The summed E-state index contributed by atoms with van der Waals surface area (Å²) in [5.41, 5.74) is 2.06. The maximum Gasteiger partial charge on any atom is 0.0847 e. The highest BCUT2D eigenvalue weighted by Crippen LogP contribution is 2.25. The first-order valence-electron chi connectivity index (χ1n) is 5.91. The molecule has 0 aromatic carbocycles. The Kier molecular flexibility index (Phi) is 5.63. The van der Waals surface area contributed by atoms with Gasteiger partial charge < -0.3 is 0 Å². The van der Waals surface area contributed by atoms with E-state index in [9.17, 15) is 0 Å². The molecule has 0 radical (unpaired) electrons. The van der Waals surface area contributed by atoms with Crippen molar-refractivity contribution in [3.63, 3.8) is 0 Å². The number of halogens is 2. The van der Waals surface area contributed by atoms with E-state index in [0.29, 0.717) is 11.8 Å². The van der Waals surface area contributed by atoms with E-state index in [1.54, 1.807) is 0 Å². The van der Waals surface area contributed by atoms with Gasteiger partial charge in [0.25, 0.3) is 0 Å². The number of hydrogen-bond acceptors (Lipinski definition) is 1. The molecule has 92 valence electrons. The highest BCUT2D eigenvalue weighted by Gasteiger charge is 2.16. The number of nitrogens with zero attached hydrogens (tertiary/aromatic N) is 2. The van der Waals surface area contributed by atoms with Crippen LogP contribution in [0.4, 0.5) is 0 Å². The van der Waals surface area contributed by atoms with E-state index >= 15 is 0 Å². The summed E-state index contributed by atoms with van der Waals surface area (Å²) in [6.45, 7) is 7.09. The van der Waals surface area contributed by atoms with E-state index in [1.807, 2.05) is 11.6 Å². The number of aromatic nitrogens is 2. The van der Waals surface area contributed by atoms with E-state index in [1.165, 1.54) is 0 Å². The average Bonchev–Trinajstić information content (AvgIpc) is 2.55. The minimum Gasteiger partial charge on any atom is -0.268 e. The maximum absolute atomic E-state index is 6.27. The second-order valence-corrected chi connectivity index (χ2v) is 4.86. The van der Waals surface area contributed by atoms with Crippen LogP contribution >= 0.6 is 23.2 Å². The Balaban J connectivity index is 2.85. The molecule has 2 nitrogen and oxygen atoms in total. The van der Waals surface area contributed by atoms with Gasteiger partial charge in [-0.1, -0.05) is 24.9 Å². The van der Waals surface area contributed by atoms with E-state index in [-0.39, 0.29) is 0 Å². The molecule has 16 heavy (non-hydrogen) atoms. The van der Waals surface area contributed by atoms with E-state index in [4.69, 9.17) is 23.2 Å². The first kappa shape index (κ1) is 13.9. The smallest absolute Gasteiger partial charge is 0.0847 e. The molecule has 4 heteroatoms. The van der Waals surface area contributed by atoms with Gasteiger partial charge in [0.1, 0.15) is 0 Å². The quantitative estimate of drug-likeness (QED) is 0.707. The molecule has 1 aromatic rings. The summed E-state index contributed by atoms with van der Waals surface area (Å²) in [7, 11) is 0. The third-order valence-corrected chi connectivity index (χ3v) is 3.78. The van der Waals surface area contributed by atoms with Gasteiger partial charge in [-0.05, 0) is 32.6 Å². The zero-order chi connectivity index (χ0) is 12.1. The number of aryl methyl sites for hydroxylation is 2. The fourth-order valence-electron chi connectivity index (χ4n) is 1.98. The molecule has 1 unspecified atom stereocenters. The van der Waals surface area contributed by atoms with Crippen molar-refractivity contribution in [2.75, 3.05) is 5.88 Å². The van der Waals surface area contributed by atoms with Gasteiger partial charge in [0.2, 0.25) is 0 Å². The first-order valence-corrected chi connectivity index (χ1v) is 6.82. The summed E-state index contributed by atoms with van der Waals surface area (Å²) in [5, 5.41) is 5.23. The second-order valence-electron chi connectivity index (χ2n) is 4.17. The Hall–Kier alpha value is -0.210. The van der Waals surface area contributed by atoms with Crippen molar-refractivity contribution < 1.29 is 0 Å². The van der Waals surface area contributed by atoms with Crippen LogP contribution in [0.15, 0.2) is 0 Å². The SMILES string of the molecule is CCCC(CCl)Cc1c(Cl)c(C)nn1CC. The molecule has 0 aliphatic rings. The maximum atomic E-state index is 6.27. The minimum atomic E-state index is 0.505. The van der Waals surface area contributed by atoms with Crippen molar-refractivity contribution in [2.24, 2.45) is 5.92 Å². The molecule has 1 aromatic heterocycles. The molecule has 0 bridgehead atoms. The lowest BCUT2D eigenvalue weighted by molar-refractivity contribution is 0.497. The van der Waals surface area contributed by atoms with E-state index < -0.39 is 0 Å². The second kappa shape index (κ2) is 6.51. The lowest BCUT2D eigenvalue weighted by Gasteiger charge is -2.13. The molecule has 0 fully saturated rings. The molecule has 1 heterocycles. The zero-order valence-corrected chi connectivity index (χ0v) is 11.8. The van der Waals surface area contributed by atoms with Gasteiger partial charge in [-0.25, -0.2) is 0 Å². The summed E-state index contributed by atoms with van der Waals surface area (Å²) in [6.07, 6.45) is 3.24. The molecule has 0 amide bonds. The lowest BCUT2D eigenvalue weighted by Crippen LogP contribution is -2.11. The molecule has 1 atom stereocenters. The van der Waals surface area contributed by atoms with Crippen molar-refractivity contribution in [3.8, 4) is 0 Å². The average molecular weight is 263 g/mol. The Morgan fingerprint density at radius 2 is 2.06 bits per heavy atom. The lowest BCUT2D eigenvalue weighted by atomic mass is 10.00. The topological polar surface area (TPSA) is 17.8 Å². The molecule has 0 N–H and O–H groups in total. The molecular formula is C12H20Cl2N2. The van der Waals surface area contributed by atoms with Gasteiger partial charge >= 0.3 is 0 Å². The van der Waals surface area contributed by atoms with Crippen LogP contribution < -0.4 is 0 Å². The monoisotopic (exact) mass is 262 g/mol. The fourth-order valence-corrected chi connectivity index (χ4v) is 2.46. The third-order valence-electron chi connectivity index (χ3n) is 2.85. The minimum absolute atomic E-state index is 0.505. The van der Waals surface area contributed by atoms with Gasteiger partial charge in [0.05, 0.1) is 16.4 Å². The van der Waals surface area contributed by atoms with Crippen LogP contribution in [0.25, 0.3) is 0 Å². The van der Waals surface area contributed by atoms with Gasteiger partial charge in [0, 0.05) is 12.4 Å². The third kappa shape index (κ3) is 3.14. The Labute approximate surface area is 108 Å². The number of alkyl halides is 1. The van der Waals surface area contributed by atoms with Gasteiger partial charge in [-0.2, -0.15) is 5.10 Å². The van der Waals surface area contributed by atoms with Crippen molar-refractivity contribution in [1.29, 1.82) is 0 Å². The van der Waals surface area contributed by atoms with Crippen LogP contribution in [0.2, 0.25) is 5.02 Å². The largest absolute Gasteiger partial charge is 0.268 e. The summed E-state index contributed by atoms with van der Waals surface area (Å²) >= 11 is 12.2. The predicted octanol–water partition coefficient (Wildman–Crippen LogP) is 4.06. The summed E-state index contributed by atoms with van der Waals surface area (Å²) in [6, 6.07) is 0. The number of rotatable bonds is 6. The van der Waals surface area contributed by atoms with E-state index in [0.717, 1.165) is 42.2 Å². The van der Waals surface area contributed by atoms with Crippen molar-refractivity contribution in [2.45, 2.75) is 46.6 Å². The van der Waals surface area contributed by atoms with Gasteiger partial charge in [-0.3, -0.25) is 4.68 Å². The molecular weight excluding hydrogens is 243 g/mol. The van der Waals surface area contributed by atoms with Crippen molar-refractivity contribution in [3.05, 3.63) is 16.4 Å². The predicted molar refractivity (Wildman–Crippen MR) is 70.5 cm³/mol.